The average Bonchev–Trinajstić information content (AvgIpc) is 2.23. The van der Waals surface area contributed by atoms with Crippen molar-refractivity contribution in [2.75, 3.05) is 0 Å². The molecule has 74 valence electrons. The molecule has 1 aromatic rings. The van der Waals surface area contributed by atoms with Gasteiger partial charge in [0.15, 0.2) is 11.7 Å². The van der Waals surface area contributed by atoms with E-state index in [4.69, 9.17) is 22.1 Å². The third-order valence-corrected chi connectivity index (χ3v) is 3.03. The molecular formula is C10H4BrClN2O. The minimum atomic E-state index is -1.31. The Morgan fingerprint density at radius 3 is 2.53 bits per heavy atom. The zero-order valence-electron chi connectivity index (χ0n) is 7.37. The van der Waals surface area contributed by atoms with Gasteiger partial charge in [-0.2, -0.15) is 10.5 Å². The van der Waals surface area contributed by atoms with Gasteiger partial charge in [-0.1, -0.05) is 17.7 Å². The molecule has 0 radical (unpaired) electrons. The first kappa shape index (κ1) is 11.7. The van der Waals surface area contributed by atoms with E-state index in [-0.39, 0.29) is 10.6 Å². The zero-order chi connectivity index (χ0) is 11.4. The van der Waals surface area contributed by atoms with Crippen molar-refractivity contribution < 1.29 is 4.79 Å². The van der Waals surface area contributed by atoms with Gasteiger partial charge in [0.2, 0.25) is 0 Å². The van der Waals surface area contributed by atoms with Crippen LogP contribution in [0.2, 0.25) is 5.02 Å². The van der Waals surface area contributed by atoms with Crippen molar-refractivity contribution in [1.29, 1.82) is 10.5 Å². The summed E-state index contributed by atoms with van der Waals surface area (Å²) >= 11 is 9.02. The van der Waals surface area contributed by atoms with Gasteiger partial charge in [-0.15, -0.1) is 0 Å². The molecule has 0 atom stereocenters. The van der Waals surface area contributed by atoms with Crippen molar-refractivity contribution >= 4 is 33.3 Å². The number of carbonyl (C=O) groups is 1. The van der Waals surface area contributed by atoms with Crippen molar-refractivity contribution in [1.82, 2.24) is 0 Å². The molecule has 0 N–H and O–H groups in total. The molecule has 0 saturated carbocycles. The van der Waals surface area contributed by atoms with Crippen LogP contribution in [0.3, 0.4) is 0 Å². The first-order valence-electron chi connectivity index (χ1n) is 3.89. The van der Waals surface area contributed by atoms with Crippen LogP contribution in [-0.2, 0) is 0 Å². The van der Waals surface area contributed by atoms with E-state index in [2.05, 4.69) is 15.9 Å². The van der Waals surface area contributed by atoms with Crippen molar-refractivity contribution in [3.8, 4) is 12.1 Å². The predicted octanol–water partition coefficient (Wildman–Crippen LogP) is 2.95. The average molecular weight is 284 g/mol. The van der Waals surface area contributed by atoms with Crippen molar-refractivity contribution in [3.05, 3.63) is 33.3 Å². The Hall–Kier alpha value is -1.36. The minimum absolute atomic E-state index is 0.180. The lowest BCUT2D eigenvalue weighted by atomic mass is 10.0. The van der Waals surface area contributed by atoms with Crippen LogP contribution < -0.4 is 0 Å². The van der Waals surface area contributed by atoms with Crippen LogP contribution in [0.15, 0.2) is 22.7 Å². The topological polar surface area (TPSA) is 64.7 Å². The van der Waals surface area contributed by atoms with Crippen LogP contribution in [0.4, 0.5) is 0 Å². The molecule has 0 saturated heterocycles. The van der Waals surface area contributed by atoms with E-state index in [9.17, 15) is 4.79 Å². The Morgan fingerprint density at radius 1 is 1.40 bits per heavy atom. The van der Waals surface area contributed by atoms with E-state index in [0.717, 1.165) is 0 Å². The van der Waals surface area contributed by atoms with Gasteiger partial charge in [0.25, 0.3) is 0 Å². The van der Waals surface area contributed by atoms with Gasteiger partial charge in [0.05, 0.1) is 17.2 Å². The number of nitriles is 2. The Morgan fingerprint density at radius 2 is 2.00 bits per heavy atom. The largest absolute Gasteiger partial charge is 0.291 e. The van der Waals surface area contributed by atoms with Crippen LogP contribution in [-0.4, -0.2) is 5.78 Å². The molecule has 0 aromatic heterocycles. The van der Waals surface area contributed by atoms with Crippen LogP contribution in [0.1, 0.15) is 10.4 Å². The van der Waals surface area contributed by atoms with E-state index in [1.165, 1.54) is 6.07 Å². The van der Waals surface area contributed by atoms with E-state index in [1.807, 2.05) is 0 Å². The molecule has 0 unspecified atom stereocenters. The number of Topliss-reactive ketones (excluding diaryl/α,β-unsaturated/α-hetero) is 1. The highest BCUT2D eigenvalue weighted by Gasteiger charge is 2.21. The molecule has 0 aliphatic heterocycles. The number of ketones is 1. The number of halogens is 2. The van der Waals surface area contributed by atoms with Crippen molar-refractivity contribution in [2.24, 2.45) is 5.92 Å². The smallest absolute Gasteiger partial charge is 0.195 e. The fraction of sp³-hybridized carbons (Fsp3) is 0.100. The van der Waals surface area contributed by atoms with Gasteiger partial charge in [0.1, 0.15) is 0 Å². The summed E-state index contributed by atoms with van der Waals surface area (Å²) in [7, 11) is 0. The van der Waals surface area contributed by atoms with Gasteiger partial charge in [-0.25, -0.2) is 0 Å². The number of nitrogens with zero attached hydrogens (tertiary/aromatic N) is 2. The third-order valence-electron chi connectivity index (χ3n) is 1.74. The standard InChI is InChI=1S/C10H4BrClN2O/c11-8-3-1-2-7(9(8)12)10(15)6(4-13)5-14/h1-3,6H. The lowest BCUT2D eigenvalue weighted by Crippen LogP contribution is -2.11. The lowest BCUT2D eigenvalue weighted by Gasteiger charge is -2.04. The molecule has 0 bridgehead atoms. The van der Waals surface area contributed by atoms with Crippen LogP contribution in [0.25, 0.3) is 0 Å². The molecule has 0 amide bonds. The SMILES string of the molecule is N#CC(C#N)C(=O)c1cccc(Br)c1Cl. The Kier molecular flexibility index (Phi) is 3.85. The maximum Gasteiger partial charge on any atom is 0.195 e. The molecule has 0 aliphatic rings. The van der Waals surface area contributed by atoms with Gasteiger partial charge in [0, 0.05) is 10.0 Å². The summed E-state index contributed by atoms with van der Waals surface area (Å²) in [4.78, 5) is 11.6. The second-order valence-electron chi connectivity index (χ2n) is 2.66. The molecule has 0 aliphatic carbocycles. The molecular weight excluding hydrogens is 279 g/mol. The molecule has 0 spiro atoms. The van der Waals surface area contributed by atoms with Gasteiger partial charge in [-0.3, -0.25) is 4.79 Å². The van der Waals surface area contributed by atoms with Crippen molar-refractivity contribution in [3.63, 3.8) is 0 Å². The Bertz CT molecular complexity index is 473. The van der Waals surface area contributed by atoms with E-state index in [1.54, 1.807) is 24.3 Å². The van der Waals surface area contributed by atoms with E-state index in [0.29, 0.717) is 4.47 Å². The molecule has 5 heteroatoms. The highest BCUT2D eigenvalue weighted by molar-refractivity contribution is 9.10. The third kappa shape index (κ3) is 2.36. The Balaban J connectivity index is 3.20. The summed E-state index contributed by atoms with van der Waals surface area (Å²) in [5.74, 6) is -1.89. The fourth-order valence-electron chi connectivity index (χ4n) is 0.996. The number of rotatable bonds is 2. The van der Waals surface area contributed by atoms with Crippen molar-refractivity contribution in [2.45, 2.75) is 0 Å². The second kappa shape index (κ2) is 4.93. The summed E-state index contributed by atoms with van der Waals surface area (Å²) in [5.41, 5.74) is 0.180. The summed E-state index contributed by atoms with van der Waals surface area (Å²) in [6.45, 7) is 0. The first-order valence-corrected chi connectivity index (χ1v) is 5.06. The lowest BCUT2D eigenvalue weighted by molar-refractivity contribution is 0.0971. The summed E-state index contributed by atoms with van der Waals surface area (Å²) in [6.07, 6.45) is 0. The maximum absolute atomic E-state index is 11.6. The maximum atomic E-state index is 11.6. The van der Waals surface area contributed by atoms with Gasteiger partial charge >= 0.3 is 0 Å². The number of carbonyl (C=O) groups excluding carboxylic acids is 1. The van der Waals surface area contributed by atoms with Crippen LogP contribution in [0, 0.1) is 28.6 Å². The molecule has 0 heterocycles. The Labute approximate surface area is 100 Å². The molecule has 15 heavy (non-hydrogen) atoms. The second-order valence-corrected chi connectivity index (χ2v) is 3.89. The number of hydrogen-bond acceptors (Lipinski definition) is 3. The summed E-state index contributed by atoms with van der Waals surface area (Å²) < 4.78 is 0.560. The van der Waals surface area contributed by atoms with Crippen LogP contribution >= 0.6 is 27.5 Å². The van der Waals surface area contributed by atoms with E-state index < -0.39 is 11.7 Å². The van der Waals surface area contributed by atoms with Crippen LogP contribution in [0.5, 0.6) is 0 Å². The van der Waals surface area contributed by atoms with E-state index >= 15 is 0 Å². The predicted molar refractivity (Wildman–Crippen MR) is 58.2 cm³/mol. The normalized spacial score (nSPS) is 9.40. The number of benzene rings is 1. The molecule has 1 rings (SSSR count). The monoisotopic (exact) mass is 282 g/mol. The highest BCUT2D eigenvalue weighted by atomic mass is 79.9. The molecule has 1 aromatic carbocycles. The summed E-state index contributed by atoms with van der Waals surface area (Å²) in [6, 6.07) is 8.00. The summed E-state index contributed by atoms with van der Waals surface area (Å²) in [5, 5.41) is 17.4. The highest BCUT2D eigenvalue weighted by Crippen LogP contribution is 2.27. The van der Waals surface area contributed by atoms with Gasteiger partial charge < -0.3 is 0 Å². The molecule has 0 fully saturated rings. The first-order chi connectivity index (χ1) is 7.11. The quantitative estimate of drug-likeness (QED) is 0.784. The molecule has 3 nitrogen and oxygen atoms in total. The zero-order valence-corrected chi connectivity index (χ0v) is 9.71. The minimum Gasteiger partial charge on any atom is -0.291 e. The van der Waals surface area contributed by atoms with Gasteiger partial charge in [-0.05, 0) is 28.1 Å². The fourth-order valence-corrected chi connectivity index (χ4v) is 1.58. The number of hydrogen-bond donors (Lipinski definition) is 0.